The number of hydrogen-bond acceptors (Lipinski definition) is 8. The van der Waals surface area contributed by atoms with Gasteiger partial charge in [-0.1, -0.05) is 11.2 Å². The van der Waals surface area contributed by atoms with Gasteiger partial charge in [0.05, 0.1) is 12.2 Å². The lowest BCUT2D eigenvalue weighted by Crippen LogP contribution is -2.36. The fraction of sp³-hybridized carbons (Fsp3) is 0.483. The summed E-state index contributed by atoms with van der Waals surface area (Å²) in [6.45, 7) is 6.83. The van der Waals surface area contributed by atoms with Crippen LogP contribution in [-0.2, 0) is 17.3 Å². The van der Waals surface area contributed by atoms with Crippen molar-refractivity contribution in [2.75, 3.05) is 26.4 Å². The van der Waals surface area contributed by atoms with Gasteiger partial charge in [-0.05, 0) is 82.3 Å². The number of halogens is 3. The second-order valence-corrected chi connectivity index (χ2v) is 10.9. The highest BCUT2D eigenvalue weighted by molar-refractivity contribution is 5.69. The molecule has 5 rings (SSSR count). The van der Waals surface area contributed by atoms with E-state index in [1.54, 1.807) is 20.8 Å². The monoisotopic (exact) mass is 575 g/mol. The molecule has 0 aliphatic carbocycles. The van der Waals surface area contributed by atoms with Gasteiger partial charge in [0.25, 0.3) is 0 Å². The number of hydrogen-bond donors (Lipinski definition) is 0. The van der Waals surface area contributed by atoms with Gasteiger partial charge >= 0.3 is 12.3 Å². The second kappa shape index (κ2) is 11.5. The van der Waals surface area contributed by atoms with E-state index in [4.69, 9.17) is 23.5 Å². The number of aromatic nitrogens is 2. The molecule has 1 atom stereocenters. The molecule has 0 saturated carbocycles. The number of fused-ring (bicyclic) bond motifs is 1. The minimum atomic E-state index is -4.66. The van der Waals surface area contributed by atoms with Crippen LogP contribution in [0.2, 0.25) is 0 Å². The molecule has 1 saturated heterocycles. The number of aryl methyl sites for hydroxylation is 1. The van der Waals surface area contributed by atoms with Crippen LogP contribution < -0.4 is 14.2 Å². The van der Waals surface area contributed by atoms with Crippen LogP contribution in [0.15, 0.2) is 40.9 Å². The standard InChI is InChI=1S/C29H32F3N3O6/c1-28(2,3)40-27(36)35-12-4-7-21(35)26-33-25(34-41-26)19-9-11-22(20(17-19)29(30,31)32)37-13-5-6-18-8-10-23-24(16-18)39-15-14-38-23/h8-11,16-17,21H,4-7,12-15H2,1-3H3. The van der Waals surface area contributed by atoms with E-state index >= 15 is 0 Å². The zero-order valence-corrected chi connectivity index (χ0v) is 23.1. The third kappa shape index (κ3) is 6.86. The topological polar surface area (TPSA) is 96.2 Å². The first-order valence-corrected chi connectivity index (χ1v) is 13.5. The summed E-state index contributed by atoms with van der Waals surface area (Å²) < 4.78 is 69.4. The Hall–Kier alpha value is -3.96. The van der Waals surface area contributed by atoms with Crippen molar-refractivity contribution in [3.63, 3.8) is 0 Å². The van der Waals surface area contributed by atoms with E-state index in [9.17, 15) is 18.0 Å². The van der Waals surface area contributed by atoms with Crippen LogP contribution in [0.1, 0.15) is 63.1 Å². The van der Waals surface area contributed by atoms with E-state index in [0.717, 1.165) is 11.6 Å². The average molecular weight is 576 g/mol. The molecule has 0 N–H and O–H groups in total. The molecular formula is C29H32F3N3O6. The molecule has 3 aromatic rings. The van der Waals surface area contributed by atoms with Crippen molar-refractivity contribution in [2.24, 2.45) is 0 Å². The third-order valence-electron chi connectivity index (χ3n) is 6.62. The van der Waals surface area contributed by atoms with Crippen molar-refractivity contribution in [1.82, 2.24) is 15.0 Å². The summed E-state index contributed by atoms with van der Waals surface area (Å²) in [5.74, 6) is 1.21. The van der Waals surface area contributed by atoms with E-state index in [0.29, 0.717) is 56.9 Å². The fourth-order valence-electron chi connectivity index (χ4n) is 4.77. The van der Waals surface area contributed by atoms with Gasteiger partial charge in [0.2, 0.25) is 11.7 Å². The largest absolute Gasteiger partial charge is 0.493 e. The molecule has 1 aromatic heterocycles. The molecule has 2 aliphatic heterocycles. The molecule has 12 heteroatoms. The Labute approximate surface area is 235 Å². The lowest BCUT2D eigenvalue weighted by atomic mass is 10.1. The molecular weight excluding hydrogens is 543 g/mol. The van der Waals surface area contributed by atoms with Gasteiger partial charge in [-0.15, -0.1) is 0 Å². The first-order valence-electron chi connectivity index (χ1n) is 13.5. The minimum Gasteiger partial charge on any atom is -0.493 e. The van der Waals surface area contributed by atoms with Gasteiger partial charge in [0.15, 0.2) is 11.5 Å². The smallest absolute Gasteiger partial charge is 0.419 e. The summed E-state index contributed by atoms with van der Waals surface area (Å²) in [5, 5.41) is 3.90. The molecule has 9 nitrogen and oxygen atoms in total. The van der Waals surface area contributed by atoms with Crippen molar-refractivity contribution in [1.29, 1.82) is 0 Å². The summed E-state index contributed by atoms with van der Waals surface area (Å²) in [7, 11) is 0. The molecule has 0 bridgehead atoms. The first-order chi connectivity index (χ1) is 19.5. The quantitative estimate of drug-likeness (QED) is 0.291. The number of nitrogens with zero attached hydrogens (tertiary/aromatic N) is 3. The maximum Gasteiger partial charge on any atom is 0.419 e. The number of ether oxygens (including phenoxy) is 4. The summed E-state index contributed by atoms with van der Waals surface area (Å²) in [6.07, 6.45) is -2.78. The van der Waals surface area contributed by atoms with Crippen LogP contribution in [0.5, 0.6) is 17.2 Å². The van der Waals surface area contributed by atoms with Crippen molar-refractivity contribution in [2.45, 2.75) is 64.3 Å². The molecule has 0 radical (unpaired) electrons. The van der Waals surface area contributed by atoms with E-state index in [2.05, 4.69) is 10.1 Å². The molecule has 41 heavy (non-hydrogen) atoms. The SMILES string of the molecule is CC(C)(C)OC(=O)N1CCCC1c1nc(-c2ccc(OCCCc3ccc4c(c3)OCCO4)c(C(F)(F)F)c2)no1. The van der Waals surface area contributed by atoms with E-state index < -0.39 is 29.5 Å². The molecule has 1 amide bonds. The molecule has 1 unspecified atom stereocenters. The van der Waals surface area contributed by atoms with Crippen LogP contribution in [-0.4, -0.2) is 53.1 Å². The third-order valence-corrected chi connectivity index (χ3v) is 6.62. The molecule has 220 valence electrons. The maximum atomic E-state index is 14.0. The Balaban J connectivity index is 1.25. The van der Waals surface area contributed by atoms with E-state index in [1.807, 2.05) is 18.2 Å². The van der Waals surface area contributed by atoms with Gasteiger partial charge in [-0.3, -0.25) is 4.90 Å². The average Bonchev–Trinajstić information content (AvgIpc) is 3.60. The highest BCUT2D eigenvalue weighted by Gasteiger charge is 2.38. The number of likely N-dealkylation sites (tertiary alicyclic amines) is 1. The van der Waals surface area contributed by atoms with Gasteiger partial charge < -0.3 is 23.5 Å². The minimum absolute atomic E-state index is 0.00769. The van der Waals surface area contributed by atoms with Crippen LogP contribution in [0.4, 0.5) is 18.0 Å². The van der Waals surface area contributed by atoms with Crippen molar-refractivity contribution in [3.8, 4) is 28.6 Å². The number of carbonyl (C=O) groups excluding carboxylic acids is 1. The highest BCUT2D eigenvalue weighted by Crippen LogP contribution is 2.39. The van der Waals surface area contributed by atoms with Crippen molar-refractivity contribution < 1.29 is 41.4 Å². The number of rotatable bonds is 7. The Kier molecular flexibility index (Phi) is 8.01. The summed E-state index contributed by atoms with van der Waals surface area (Å²) >= 11 is 0. The highest BCUT2D eigenvalue weighted by atomic mass is 19.4. The lowest BCUT2D eigenvalue weighted by Gasteiger charge is -2.26. The fourth-order valence-corrected chi connectivity index (χ4v) is 4.77. The van der Waals surface area contributed by atoms with Crippen LogP contribution >= 0.6 is 0 Å². The van der Waals surface area contributed by atoms with Gasteiger partial charge in [0, 0.05) is 12.1 Å². The number of benzene rings is 2. The first kappa shape index (κ1) is 28.6. The van der Waals surface area contributed by atoms with Gasteiger partial charge in [-0.25, -0.2) is 4.79 Å². The van der Waals surface area contributed by atoms with E-state index in [-0.39, 0.29) is 29.6 Å². The Morgan fingerprint density at radius 2 is 1.85 bits per heavy atom. The predicted octanol–water partition coefficient (Wildman–Crippen LogP) is 6.61. The van der Waals surface area contributed by atoms with Crippen molar-refractivity contribution >= 4 is 6.09 Å². The van der Waals surface area contributed by atoms with E-state index in [1.165, 1.54) is 17.0 Å². The maximum absolute atomic E-state index is 14.0. The Morgan fingerprint density at radius 3 is 2.61 bits per heavy atom. The van der Waals surface area contributed by atoms with Crippen LogP contribution in [0, 0.1) is 0 Å². The molecule has 1 fully saturated rings. The molecule has 2 aromatic carbocycles. The summed E-state index contributed by atoms with van der Waals surface area (Å²) in [6, 6.07) is 8.77. The van der Waals surface area contributed by atoms with Gasteiger partial charge in [-0.2, -0.15) is 18.2 Å². The lowest BCUT2D eigenvalue weighted by molar-refractivity contribution is -0.138. The number of alkyl halides is 3. The van der Waals surface area contributed by atoms with Crippen LogP contribution in [0.3, 0.4) is 0 Å². The normalized spacial score (nSPS) is 17.0. The summed E-state index contributed by atoms with van der Waals surface area (Å²) in [4.78, 5) is 18.5. The molecule has 2 aliphatic rings. The summed E-state index contributed by atoms with van der Waals surface area (Å²) in [5.41, 5.74) is -0.507. The zero-order chi connectivity index (χ0) is 29.2. The Bertz CT molecular complexity index is 1380. The molecule has 3 heterocycles. The van der Waals surface area contributed by atoms with Crippen molar-refractivity contribution in [3.05, 3.63) is 53.4 Å². The second-order valence-electron chi connectivity index (χ2n) is 10.9. The number of carbonyl (C=O) groups is 1. The zero-order valence-electron chi connectivity index (χ0n) is 23.1. The van der Waals surface area contributed by atoms with Gasteiger partial charge in [0.1, 0.15) is 30.6 Å². The van der Waals surface area contributed by atoms with Crippen LogP contribution in [0.25, 0.3) is 11.4 Å². The Morgan fingerprint density at radius 1 is 1.07 bits per heavy atom. The number of amides is 1. The molecule has 0 spiro atoms. The predicted molar refractivity (Wildman–Crippen MR) is 141 cm³/mol.